The SMILES string of the molecule is C=CC(=O)OCCCCOC(=O)c1ccc(-c2ccc(-c3ccc(C(=O)OCCCCOC(=O)C=C)cc3)cc2)cc1. The van der Waals surface area contributed by atoms with Gasteiger partial charge in [-0.1, -0.05) is 61.7 Å². The largest absolute Gasteiger partial charge is 0.463 e. The van der Waals surface area contributed by atoms with Gasteiger partial charge in [0.15, 0.2) is 0 Å². The second-order valence-electron chi connectivity index (χ2n) is 9.16. The van der Waals surface area contributed by atoms with E-state index in [1.165, 1.54) is 0 Å². The van der Waals surface area contributed by atoms with Crippen molar-refractivity contribution in [3.05, 3.63) is 109 Å². The van der Waals surface area contributed by atoms with Crippen LogP contribution in [-0.4, -0.2) is 50.3 Å². The summed E-state index contributed by atoms with van der Waals surface area (Å²) in [5.41, 5.74) is 4.82. The predicted octanol–water partition coefficient (Wildman–Crippen LogP) is 6.35. The van der Waals surface area contributed by atoms with Gasteiger partial charge in [-0.15, -0.1) is 0 Å². The van der Waals surface area contributed by atoms with E-state index in [0.717, 1.165) is 34.4 Å². The molecule has 0 N–H and O–H groups in total. The Labute approximate surface area is 245 Å². The maximum Gasteiger partial charge on any atom is 0.338 e. The Morgan fingerprint density at radius 1 is 0.452 bits per heavy atom. The van der Waals surface area contributed by atoms with Gasteiger partial charge >= 0.3 is 23.9 Å². The molecule has 0 bridgehead atoms. The Bertz CT molecular complexity index is 1250. The first kappa shape index (κ1) is 31.5. The van der Waals surface area contributed by atoms with Crippen LogP contribution in [0.5, 0.6) is 0 Å². The molecule has 0 saturated heterocycles. The highest BCUT2D eigenvalue weighted by atomic mass is 16.5. The van der Waals surface area contributed by atoms with Crippen molar-refractivity contribution in [3.63, 3.8) is 0 Å². The van der Waals surface area contributed by atoms with Gasteiger partial charge in [0.2, 0.25) is 0 Å². The number of esters is 4. The van der Waals surface area contributed by atoms with Gasteiger partial charge in [-0.25, -0.2) is 19.2 Å². The average Bonchev–Trinajstić information content (AvgIpc) is 3.04. The summed E-state index contributed by atoms with van der Waals surface area (Å²) in [6, 6.07) is 22.4. The molecule has 0 fully saturated rings. The summed E-state index contributed by atoms with van der Waals surface area (Å²) in [6.07, 6.45) is 4.59. The summed E-state index contributed by atoms with van der Waals surface area (Å²) < 4.78 is 20.4. The van der Waals surface area contributed by atoms with Gasteiger partial charge in [0.1, 0.15) is 0 Å². The van der Waals surface area contributed by atoms with Crippen LogP contribution < -0.4 is 0 Å². The molecule has 0 aliphatic carbocycles. The molecule has 3 aromatic carbocycles. The minimum Gasteiger partial charge on any atom is -0.463 e. The highest BCUT2D eigenvalue weighted by Crippen LogP contribution is 2.26. The zero-order chi connectivity index (χ0) is 30.2. The summed E-state index contributed by atoms with van der Waals surface area (Å²) in [7, 11) is 0. The maximum absolute atomic E-state index is 12.3. The molecule has 0 atom stereocenters. The van der Waals surface area contributed by atoms with Gasteiger partial charge in [-0.2, -0.15) is 0 Å². The Balaban J connectivity index is 1.44. The molecule has 0 spiro atoms. The van der Waals surface area contributed by atoms with Crippen molar-refractivity contribution in [3.8, 4) is 22.3 Å². The van der Waals surface area contributed by atoms with Crippen LogP contribution in [0, 0.1) is 0 Å². The quantitative estimate of drug-likeness (QED) is 0.0849. The number of carbonyl (C=O) groups excluding carboxylic acids is 4. The predicted molar refractivity (Wildman–Crippen MR) is 159 cm³/mol. The van der Waals surface area contributed by atoms with Gasteiger partial charge in [0.05, 0.1) is 37.6 Å². The molecule has 0 amide bonds. The molecule has 0 aromatic heterocycles. The minimum atomic E-state index is -0.466. The number of carbonyl (C=O) groups is 4. The van der Waals surface area contributed by atoms with E-state index in [1.807, 2.05) is 48.5 Å². The molecule has 218 valence electrons. The van der Waals surface area contributed by atoms with Gasteiger partial charge in [-0.05, 0) is 72.2 Å². The summed E-state index contributed by atoms with van der Waals surface area (Å²) in [6.45, 7) is 7.67. The number of ether oxygens (including phenoxy) is 4. The number of rotatable bonds is 16. The topological polar surface area (TPSA) is 105 Å². The molecule has 0 heterocycles. The first-order chi connectivity index (χ1) is 20.4. The standard InChI is InChI=1S/C34H34O8/c1-3-31(35)39-21-5-7-23-41-33(37)29-17-13-27(14-18-29)25-9-11-26(12-10-25)28-15-19-30(20-16-28)34(38)42-24-8-6-22-40-32(36)4-2/h3-4,9-20H,1-2,5-8,21-24H2. The molecule has 0 aliphatic heterocycles. The fraction of sp³-hybridized carbons (Fsp3) is 0.235. The van der Waals surface area contributed by atoms with Crippen molar-refractivity contribution in [1.82, 2.24) is 0 Å². The lowest BCUT2D eigenvalue weighted by Gasteiger charge is -2.08. The second kappa shape index (κ2) is 17.0. The molecular formula is C34H34O8. The second-order valence-corrected chi connectivity index (χ2v) is 9.16. The number of unbranched alkanes of at least 4 members (excludes halogenated alkanes) is 2. The van der Waals surface area contributed by atoms with Crippen LogP contribution in [-0.2, 0) is 28.5 Å². The number of benzene rings is 3. The third kappa shape index (κ3) is 10.2. The van der Waals surface area contributed by atoms with Gasteiger partial charge < -0.3 is 18.9 Å². The molecule has 0 aliphatic rings. The van der Waals surface area contributed by atoms with E-state index in [0.29, 0.717) is 36.8 Å². The van der Waals surface area contributed by atoms with Crippen LogP contribution in [0.3, 0.4) is 0 Å². The highest BCUT2D eigenvalue weighted by Gasteiger charge is 2.10. The summed E-state index contributed by atoms with van der Waals surface area (Å²) in [4.78, 5) is 46.6. The van der Waals surface area contributed by atoms with Crippen molar-refractivity contribution in [1.29, 1.82) is 0 Å². The normalized spacial score (nSPS) is 10.3. The van der Waals surface area contributed by atoms with Crippen molar-refractivity contribution in [2.24, 2.45) is 0 Å². The summed E-state index contributed by atoms with van der Waals surface area (Å²) in [5.74, 6) is -1.74. The van der Waals surface area contributed by atoms with Crippen molar-refractivity contribution >= 4 is 23.9 Å². The zero-order valence-electron chi connectivity index (χ0n) is 23.4. The van der Waals surface area contributed by atoms with E-state index >= 15 is 0 Å². The van der Waals surface area contributed by atoms with Crippen LogP contribution in [0.4, 0.5) is 0 Å². The molecule has 8 heteroatoms. The lowest BCUT2D eigenvalue weighted by molar-refractivity contribution is -0.138. The Kier molecular flexibility index (Phi) is 12.7. The first-order valence-electron chi connectivity index (χ1n) is 13.6. The summed E-state index contributed by atoms with van der Waals surface area (Å²) in [5, 5.41) is 0. The van der Waals surface area contributed by atoms with Crippen LogP contribution in [0.1, 0.15) is 46.4 Å². The van der Waals surface area contributed by atoms with Crippen LogP contribution >= 0.6 is 0 Å². The van der Waals surface area contributed by atoms with Crippen molar-refractivity contribution < 1.29 is 38.1 Å². The number of hydrogen-bond donors (Lipinski definition) is 0. The van der Waals surface area contributed by atoms with E-state index in [-0.39, 0.29) is 26.4 Å². The lowest BCUT2D eigenvalue weighted by atomic mass is 9.99. The smallest absolute Gasteiger partial charge is 0.338 e. The molecule has 8 nitrogen and oxygen atoms in total. The summed E-state index contributed by atoms with van der Waals surface area (Å²) >= 11 is 0. The lowest BCUT2D eigenvalue weighted by Crippen LogP contribution is -2.08. The monoisotopic (exact) mass is 570 g/mol. The number of hydrogen-bond acceptors (Lipinski definition) is 8. The van der Waals surface area contributed by atoms with E-state index < -0.39 is 23.9 Å². The Hall–Kier alpha value is -4.98. The van der Waals surface area contributed by atoms with E-state index in [9.17, 15) is 19.2 Å². The Morgan fingerprint density at radius 3 is 1.00 bits per heavy atom. The van der Waals surface area contributed by atoms with E-state index in [4.69, 9.17) is 18.9 Å². The van der Waals surface area contributed by atoms with Gasteiger partial charge in [0, 0.05) is 12.2 Å². The van der Waals surface area contributed by atoms with E-state index in [2.05, 4.69) is 13.2 Å². The van der Waals surface area contributed by atoms with Gasteiger partial charge in [0.25, 0.3) is 0 Å². The molecule has 0 unspecified atom stereocenters. The van der Waals surface area contributed by atoms with Crippen molar-refractivity contribution in [2.75, 3.05) is 26.4 Å². The fourth-order valence-corrected chi connectivity index (χ4v) is 3.82. The Morgan fingerprint density at radius 2 is 0.714 bits per heavy atom. The molecule has 3 rings (SSSR count). The van der Waals surface area contributed by atoms with Crippen LogP contribution in [0.15, 0.2) is 98.1 Å². The van der Waals surface area contributed by atoms with Gasteiger partial charge in [-0.3, -0.25) is 0 Å². The van der Waals surface area contributed by atoms with E-state index in [1.54, 1.807) is 24.3 Å². The van der Waals surface area contributed by atoms with Crippen LogP contribution in [0.25, 0.3) is 22.3 Å². The van der Waals surface area contributed by atoms with Crippen LogP contribution in [0.2, 0.25) is 0 Å². The third-order valence-electron chi connectivity index (χ3n) is 6.16. The highest BCUT2D eigenvalue weighted by molar-refractivity contribution is 5.91. The molecule has 42 heavy (non-hydrogen) atoms. The zero-order valence-corrected chi connectivity index (χ0v) is 23.4. The molecular weight excluding hydrogens is 536 g/mol. The fourth-order valence-electron chi connectivity index (χ4n) is 3.82. The maximum atomic E-state index is 12.3. The molecule has 0 radical (unpaired) electrons. The molecule has 0 saturated carbocycles. The third-order valence-corrected chi connectivity index (χ3v) is 6.16. The molecule has 3 aromatic rings. The minimum absolute atomic E-state index is 0.243. The first-order valence-corrected chi connectivity index (χ1v) is 13.6. The van der Waals surface area contributed by atoms with Crippen molar-refractivity contribution in [2.45, 2.75) is 25.7 Å². The average molecular weight is 571 g/mol.